The molecule has 2 nitrogen and oxygen atoms in total. The SMILES string of the molecule is C=C(c1ccccc1)C1(O)CC2CCC(C1)N2C. The maximum atomic E-state index is 11.0. The quantitative estimate of drug-likeness (QED) is 0.863. The number of hydrogen-bond donors (Lipinski definition) is 1. The van der Waals surface area contributed by atoms with Gasteiger partial charge in [-0.3, -0.25) is 0 Å². The number of hydrogen-bond acceptors (Lipinski definition) is 2. The Balaban J connectivity index is 1.86. The van der Waals surface area contributed by atoms with Crippen LogP contribution in [0.25, 0.3) is 5.57 Å². The summed E-state index contributed by atoms with van der Waals surface area (Å²) in [5, 5.41) is 11.0. The average molecular weight is 243 g/mol. The van der Waals surface area contributed by atoms with Crippen LogP contribution in [0.3, 0.4) is 0 Å². The van der Waals surface area contributed by atoms with E-state index in [0.29, 0.717) is 12.1 Å². The molecule has 3 rings (SSSR count). The highest BCUT2D eigenvalue weighted by Crippen LogP contribution is 2.45. The second kappa shape index (κ2) is 4.22. The summed E-state index contributed by atoms with van der Waals surface area (Å²) in [5.41, 5.74) is 1.26. The van der Waals surface area contributed by atoms with Crippen molar-refractivity contribution in [2.24, 2.45) is 0 Å². The molecule has 2 bridgehead atoms. The van der Waals surface area contributed by atoms with E-state index < -0.39 is 5.60 Å². The van der Waals surface area contributed by atoms with Crippen LogP contribution in [0, 0.1) is 0 Å². The molecule has 2 fully saturated rings. The summed E-state index contributed by atoms with van der Waals surface area (Å²) in [6, 6.07) is 11.1. The Kier molecular flexibility index (Phi) is 2.80. The predicted molar refractivity (Wildman–Crippen MR) is 74.2 cm³/mol. The lowest BCUT2D eigenvalue weighted by Gasteiger charge is -2.43. The van der Waals surface area contributed by atoms with Crippen LogP contribution in [0.15, 0.2) is 36.9 Å². The van der Waals surface area contributed by atoms with E-state index in [2.05, 4.69) is 18.5 Å². The van der Waals surface area contributed by atoms with Crippen molar-refractivity contribution < 1.29 is 5.11 Å². The first-order chi connectivity index (χ1) is 8.60. The zero-order valence-corrected chi connectivity index (χ0v) is 11.0. The summed E-state index contributed by atoms with van der Waals surface area (Å²) in [7, 11) is 2.19. The van der Waals surface area contributed by atoms with Gasteiger partial charge in [-0.25, -0.2) is 0 Å². The number of rotatable bonds is 2. The summed E-state index contributed by atoms with van der Waals surface area (Å²) in [6.45, 7) is 4.17. The predicted octanol–water partition coefficient (Wildman–Crippen LogP) is 2.69. The molecule has 0 saturated carbocycles. The first-order valence-electron chi connectivity index (χ1n) is 6.79. The monoisotopic (exact) mass is 243 g/mol. The van der Waals surface area contributed by atoms with Gasteiger partial charge in [0, 0.05) is 12.1 Å². The number of benzene rings is 1. The number of piperidine rings is 1. The van der Waals surface area contributed by atoms with E-state index in [-0.39, 0.29) is 0 Å². The highest BCUT2D eigenvalue weighted by Gasteiger charge is 2.47. The Morgan fingerprint density at radius 1 is 1.22 bits per heavy atom. The van der Waals surface area contributed by atoms with Gasteiger partial charge in [0.2, 0.25) is 0 Å². The molecule has 2 unspecified atom stereocenters. The van der Waals surface area contributed by atoms with Crippen LogP contribution in [0.1, 0.15) is 31.2 Å². The Morgan fingerprint density at radius 2 is 1.78 bits per heavy atom. The second-order valence-electron chi connectivity index (χ2n) is 5.83. The van der Waals surface area contributed by atoms with Gasteiger partial charge in [0.15, 0.2) is 0 Å². The Hall–Kier alpha value is -1.12. The van der Waals surface area contributed by atoms with Gasteiger partial charge >= 0.3 is 0 Å². The van der Waals surface area contributed by atoms with Crippen molar-refractivity contribution in [3.63, 3.8) is 0 Å². The zero-order valence-electron chi connectivity index (χ0n) is 11.0. The zero-order chi connectivity index (χ0) is 12.8. The molecule has 1 N–H and O–H groups in total. The van der Waals surface area contributed by atoms with Crippen LogP contribution < -0.4 is 0 Å². The minimum Gasteiger partial charge on any atom is -0.385 e. The molecule has 2 aliphatic heterocycles. The van der Waals surface area contributed by atoms with E-state index in [0.717, 1.165) is 24.0 Å². The van der Waals surface area contributed by atoms with Gasteiger partial charge in [-0.1, -0.05) is 36.9 Å². The maximum absolute atomic E-state index is 11.0. The third-order valence-electron chi connectivity index (χ3n) is 4.82. The molecule has 2 heteroatoms. The van der Waals surface area contributed by atoms with E-state index in [9.17, 15) is 5.11 Å². The number of nitrogens with zero attached hydrogens (tertiary/aromatic N) is 1. The summed E-state index contributed by atoms with van der Waals surface area (Å²) in [4.78, 5) is 2.44. The molecule has 18 heavy (non-hydrogen) atoms. The smallest absolute Gasteiger partial charge is 0.0926 e. The van der Waals surface area contributed by atoms with Gasteiger partial charge in [-0.15, -0.1) is 0 Å². The van der Waals surface area contributed by atoms with Crippen molar-refractivity contribution >= 4 is 5.57 Å². The van der Waals surface area contributed by atoms with Gasteiger partial charge < -0.3 is 10.0 Å². The van der Waals surface area contributed by atoms with Crippen molar-refractivity contribution in [1.29, 1.82) is 0 Å². The van der Waals surface area contributed by atoms with Crippen LogP contribution in [0.4, 0.5) is 0 Å². The van der Waals surface area contributed by atoms with Crippen molar-refractivity contribution in [3.8, 4) is 0 Å². The number of aliphatic hydroxyl groups is 1. The topological polar surface area (TPSA) is 23.5 Å². The normalized spacial score (nSPS) is 35.7. The first-order valence-corrected chi connectivity index (χ1v) is 6.79. The summed E-state index contributed by atoms with van der Waals surface area (Å²) < 4.78 is 0. The Labute approximate surface area is 109 Å². The third-order valence-corrected chi connectivity index (χ3v) is 4.82. The van der Waals surface area contributed by atoms with E-state index in [4.69, 9.17) is 0 Å². The molecule has 0 radical (unpaired) electrons. The van der Waals surface area contributed by atoms with Crippen LogP contribution in [0.5, 0.6) is 0 Å². The molecular weight excluding hydrogens is 222 g/mol. The third kappa shape index (κ3) is 1.80. The van der Waals surface area contributed by atoms with E-state index in [1.807, 2.05) is 30.3 Å². The van der Waals surface area contributed by atoms with Crippen LogP contribution in [-0.2, 0) is 0 Å². The average Bonchev–Trinajstić information content (AvgIpc) is 2.63. The minimum absolute atomic E-state index is 0.522. The molecule has 2 atom stereocenters. The second-order valence-corrected chi connectivity index (χ2v) is 5.83. The molecule has 0 spiro atoms. The Bertz CT molecular complexity index is 439. The fraction of sp³-hybridized carbons (Fsp3) is 0.500. The van der Waals surface area contributed by atoms with Crippen molar-refractivity contribution in [1.82, 2.24) is 4.90 Å². The van der Waals surface area contributed by atoms with Crippen molar-refractivity contribution in [3.05, 3.63) is 42.5 Å². The fourth-order valence-electron chi connectivity index (χ4n) is 3.60. The van der Waals surface area contributed by atoms with Gasteiger partial charge in [-0.2, -0.15) is 0 Å². The summed E-state index contributed by atoms with van der Waals surface area (Å²) in [5.74, 6) is 0. The lowest BCUT2D eigenvalue weighted by atomic mass is 9.78. The van der Waals surface area contributed by atoms with Crippen LogP contribution >= 0.6 is 0 Å². The molecule has 2 aliphatic rings. The molecule has 1 aromatic carbocycles. The van der Waals surface area contributed by atoms with Crippen molar-refractivity contribution in [2.45, 2.75) is 43.4 Å². The van der Waals surface area contributed by atoms with Crippen molar-refractivity contribution in [2.75, 3.05) is 7.05 Å². The maximum Gasteiger partial charge on any atom is 0.0926 e. The lowest BCUT2D eigenvalue weighted by molar-refractivity contribution is 0.000402. The first kappa shape index (κ1) is 11.9. The molecule has 2 saturated heterocycles. The van der Waals surface area contributed by atoms with Crippen LogP contribution in [-0.4, -0.2) is 34.7 Å². The molecule has 96 valence electrons. The number of fused-ring (bicyclic) bond motifs is 2. The van der Waals surface area contributed by atoms with Crippen LogP contribution in [0.2, 0.25) is 0 Å². The molecule has 1 aromatic rings. The molecule has 0 aromatic heterocycles. The Morgan fingerprint density at radius 3 is 2.33 bits per heavy atom. The molecule has 0 aliphatic carbocycles. The highest BCUT2D eigenvalue weighted by atomic mass is 16.3. The fourth-order valence-corrected chi connectivity index (χ4v) is 3.60. The van der Waals surface area contributed by atoms with E-state index >= 15 is 0 Å². The van der Waals surface area contributed by atoms with Gasteiger partial charge in [0.25, 0.3) is 0 Å². The highest BCUT2D eigenvalue weighted by molar-refractivity contribution is 5.70. The lowest BCUT2D eigenvalue weighted by Crippen LogP contribution is -2.49. The van der Waals surface area contributed by atoms with E-state index in [1.54, 1.807) is 0 Å². The largest absolute Gasteiger partial charge is 0.385 e. The summed E-state index contributed by atoms with van der Waals surface area (Å²) in [6.07, 6.45) is 4.08. The molecule has 0 amide bonds. The molecular formula is C16H21NO. The molecule has 2 heterocycles. The summed E-state index contributed by atoms with van der Waals surface area (Å²) >= 11 is 0. The van der Waals surface area contributed by atoms with Gasteiger partial charge in [0.1, 0.15) is 0 Å². The standard InChI is InChI=1S/C16H21NO/c1-12(13-6-4-3-5-7-13)16(18)10-14-8-9-15(11-16)17(14)2/h3-7,14-15,18H,1,8-11H2,2H3. The van der Waals surface area contributed by atoms with Gasteiger partial charge in [-0.05, 0) is 43.9 Å². The van der Waals surface area contributed by atoms with E-state index in [1.165, 1.54) is 12.8 Å². The van der Waals surface area contributed by atoms with Gasteiger partial charge in [0.05, 0.1) is 5.60 Å². The minimum atomic E-state index is -0.709.